The van der Waals surface area contributed by atoms with Gasteiger partial charge >= 0.3 is 0 Å². The van der Waals surface area contributed by atoms with Gasteiger partial charge < -0.3 is 15.5 Å². The zero-order valence-corrected chi connectivity index (χ0v) is 12.3. The topological polar surface area (TPSA) is 50.3 Å². The summed E-state index contributed by atoms with van der Waals surface area (Å²) in [6.45, 7) is 5.46. The molecular weight excluding hydrogens is 238 g/mol. The van der Waals surface area contributed by atoms with Crippen LogP contribution < -0.4 is 10.6 Å². The minimum Gasteiger partial charge on any atom is -0.394 e. The molecule has 1 aromatic heterocycles. The maximum absolute atomic E-state index is 6.19. The molecule has 0 aliphatic carbocycles. The van der Waals surface area contributed by atoms with Crippen molar-refractivity contribution >= 4 is 11.5 Å². The van der Waals surface area contributed by atoms with Crippen LogP contribution in [0.4, 0.5) is 11.5 Å². The van der Waals surface area contributed by atoms with Crippen molar-refractivity contribution < 1.29 is 0 Å². The predicted octanol–water partition coefficient (Wildman–Crippen LogP) is 1.23. The van der Waals surface area contributed by atoms with E-state index in [4.69, 9.17) is 5.73 Å². The summed E-state index contributed by atoms with van der Waals surface area (Å²) in [5.41, 5.74) is 7.99. The lowest BCUT2D eigenvalue weighted by Gasteiger charge is -2.46. The highest BCUT2D eigenvalue weighted by Crippen LogP contribution is 2.34. The summed E-state index contributed by atoms with van der Waals surface area (Å²) < 4.78 is 1.94. The molecule has 2 unspecified atom stereocenters. The molecule has 3 heterocycles. The van der Waals surface area contributed by atoms with E-state index in [-0.39, 0.29) is 0 Å². The van der Waals surface area contributed by atoms with E-state index in [0.29, 0.717) is 0 Å². The van der Waals surface area contributed by atoms with E-state index < -0.39 is 0 Å². The van der Waals surface area contributed by atoms with E-state index in [1.165, 1.54) is 25.8 Å². The van der Waals surface area contributed by atoms with Crippen molar-refractivity contribution in [3.63, 3.8) is 0 Å². The minimum atomic E-state index is 0.764. The number of likely N-dealkylation sites (tertiary alicyclic amines) is 1. The SMILES string of the molecule is Cc1nn(C)c(N2CCC3C(CCCN3C)C2)c1N. The molecule has 3 rings (SSSR count). The fourth-order valence-electron chi connectivity index (χ4n) is 3.88. The molecule has 2 N–H and O–H groups in total. The number of aromatic nitrogens is 2. The maximum atomic E-state index is 6.19. The molecule has 1 aromatic rings. The van der Waals surface area contributed by atoms with Gasteiger partial charge in [0.05, 0.1) is 11.4 Å². The lowest BCUT2D eigenvalue weighted by Crippen LogP contribution is -2.53. The fraction of sp³-hybridized carbons (Fsp3) is 0.786. The van der Waals surface area contributed by atoms with Crippen LogP contribution in [0.15, 0.2) is 0 Å². The van der Waals surface area contributed by atoms with Crippen molar-refractivity contribution in [1.82, 2.24) is 14.7 Å². The van der Waals surface area contributed by atoms with Gasteiger partial charge in [0, 0.05) is 26.2 Å². The predicted molar refractivity (Wildman–Crippen MR) is 78.3 cm³/mol. The van der Waals surface area contributed by atoms with E-state index in [0.717, 1.165) is 42.2 Å². The maximum Gasteiger partial charge on any atom is 0.150 e. The number of nitrogens with zero attached hydrogens (tertiary/aromatic N) is 4. The van der Waals surface area contributed by atoms with Crippen LogP contribution in [0.25, 0.3) is 0 Å². The van der Waals surface area contributed by atoms with Crippen LogP contribution in [0.5, 0.6) is 0 Å². The van der Waals surface area contributed by atoms with Gasteiger partial charge in [-0.05, 0) is 45.7 Å². The first-order chi connectivity index (χ1) is 9.08. The zero-order valence-electron chi connectivity index (χ0n) is 12.3. The molecular formula is C14H25N5. The van der Waals surface area contributed by atoms with Crippen LogP contribution in [-0.4, -0.2) is 47.4 Å². The van der Waals surface area contributed by atoms with Gasteiger partial charge in [0.25, 0.3) is 0 Å². The average Bonchev–Trinajstić information content (AvgIpc) is 2.63. The third-order valence-corrected chi connectivity index (χ3v) is 4.88. The van der Waals surface area contributed by atoms with Gasteiger partial charge in [0.1, 0.15) is 5.82 Å². The Labute approximate surface area is 115 Å². The molecule has 0 radical (unpaired) electrons. The average molecular weight is 263 g/mol. The van der Waals surface area contributed by atoms with Crippen molar-refractivity contribution in [2.24, 2.45) is 13.0 Å². The zero-order chi connectivity index (χ0) is 13.6. The summed E-state index contributed by atoms with van der Waals surface area (Å²) in [6.07, 6.45) is 3.92. The lowest BCUT2D eigenvalue weighted by atomic mass is 9.84. The second-order valence-electron chi connectivity index (χ2n) is 6.13. The molecule has 2 aliphatic heterocycles. The van der Waals surface area contributed by atoms with E-state index in [9.17, 15) is 0 Å². The monoisotopic (exact) mass is 263 g/mol. The highest BCUT2D eigenvalue weighted by Gasteiger charge is 2.35. The first kappa shape index (κ1) is 12.8. The fourth-order valence-corrected chi connectivity index (χ4v) is 3.88. The molecule has 106 valence electrons. The number of nitrogen functional groups attached to an aromatic ring is 1. The summed E-state index contributed by atoms with van der Waals surface area (Å²) in [5.74, 6) is 1.89. The van der Waals surface area contributed by atoms with E-state index >= 15 is 0 Å². The van der Waals surface area contributed by atoms with Crippen LogP contribution in [0.3, 0.4) is 0 Å². The molecule has 19 heavy (non-hydrogen) atoms. The third kappa shape index (κ3) is 2.10. The summed E-state index contributed by atoms with van der Waals surface area (Å²) in [5, 5.41) is 4.44. The van der Waals surface area contributed by atoms with Crippen molar-refractivity contribution in [2.45, 2.75) is 32.2 Å². The third-order valence-electron chi connectivity index (χ3n) is 4.88. The molecule has 2 atom stereocenters. The van der Waals surface area contributed by atoms with Gasteiger partial charge in [0.15, 0.2) is 0 Å². The molecule has 0 saturated carbocycles. The Bertz CT molecular complexity index is 467. The summed E-state index contributed by atoms with van der Waals surface area (Å²) >= 11 is 0. The molecule has 5 nitrogen and oxygen atoms in total. The van der Waals surface area contributed by atoms with Gasteiger partial charge in [-0.15, -0.1) is 0 Å². The molecule has 2 fully saturated rings. The van der Waals surface area contributed by atoms with Crippen molar-refractivity contribution in [2.75, 3.05) is 37.3 Å². The molecule has 0 spiro atoms. The van der Waals surface area contributed by atoms with Crippen LogP contribution in [0.1, 0.15) is 25.0 Å². The second-order valence-corrected chi connectivity index (χ2v) is 6.13. The Hall–Kier alpha value is -1.23. The number of nitrogens with two attached hydrogens (primary N) is 1. The Morgan fingerprint density at radius 3 is 2.68 bits per heavy atom. The number of hydrogen-bond acceptors (Lipinski definition) is 4. The van der Waals surface area contributed by atoms with Crippen LogP contribution in [0.2, 0.25) is 0 Å². The van der Waals surface area contributed by atoms with Gasteiger partial charge in [-0.3, -0.25) is 4.68 Å². The number of piperidine rings is 2. The lowest BCUT2D eigenvalue weighted by molar-refractivity contribution is 0.102. The van der Waals surface area contributed by atoms with E-state index in [1.54, 1.807) is 0 Å². The summed E-state index contributed by atoms with van der Waals surface area (Å²) in [6, 6.07) is 0.764. The van der Waals surface area contributed by atoms with Gasteiger partial charge in [-0.2, -0.15) is 5.10 Å². The molecule has 5 heteroatoms. The highest BCUT2D eigenvalue weighted by molar-refractivity contribution is 5.66. The number of fused-ring (bicyclic) bond motifs is 1. The van der Waals surface area contributed by atoms with Crippen LogP contribution in [0, 0.1) is 12.8 Å². The summed E-state index contributed by atoms with van der Waals surface area (Å²) in [4.78, 5) is 4.99. The smallest absolute Gasteiger partial charge is 0.150 e. The first-order valence-electron chi connectivity index (χ1n) is 7.32. The molecule has 0 aromatic carbocycles. The Morgan fingerprint density at radius 2 is 2.00 bits per heavy atom. The number of hydrogen-bond donors (Lipinski definition) is 1. The number of aryl methyl sites for hydroxylation is 2. The van der Waals surface area contributed by atoms with Crippen molar-refractivity contribution in [3.05, 3.63) is 5.69 Å². The first-order valence-corrected chi connectivity index (χ1v) is 7.32. The van der Waals surface area contributed by atoms with E-state index in [2.05, 4.69) is 21.9 Å². The van der Waals surface area contributed by atoms with Crippen LogP contribution >= 0.6 is 0 Å². The Morgan fingerprint density at radius 1 is 1.21 bits per heavy atom. The molecule has 2 aliphatic rings. The van der Waals surface area contributed by atoms with E-state index in [1.807, 2.05) is 18.7 Å². The molecule has 0 bridgehead atoms. The number of anilines is 2. The van der Waals surface area contributed by atoms with Crippen LogP contribution in [-0.2, 0) is 7.05 Å². The highest BCUT2D eigenvalue weighted by atomic mass is 15.4. The van der Waals surface area contributed by atoms with Crippen molar-refractivity contribution in [3.8, 4) is 0 Å². The van der Waals surface area contributed by atoms with Crippen molar-refractivity contribution in [1.29, 1.82) is 0 Å². The standard InChI is InChI=1S/C14H25N5/c1-10-13(15)14(18(3)16-10)19-8-6-12-11(9-19)5-4-7-17(12)2/h11-12H,4-9,15H2,1-3H3. The molecule has 0 amide bonds. The molecule has 2 saturated heterocycles. The van der Waals surface area contributed by atoms with Gasteiger partial charge in [0.2, 0.25) is 0 Å². The normalized spacial score (nSPS) is 28.5. The Balaban J connectivity index is 1.81. The largest absolute Gasteiger partial charge is 0.394 e. The minimum absolute atomic E-state index is 0.764. The van der Waals surface area contributed by atoms with Gasteiger partial charge in [-0.25, -0.2) is 0 Å². The number of rotatable bonds is 1. The summed E-state index contributed by atoms with van der Waals surface area (Å²) in [7, 11) is 4.27. The Kier molecular flexibility index (Phi) is 3.17. The quantitative estimate of drug-likeness (QED) is 0.828. The van der Waals surface area contributed by atoms with Gasteiger partial charge in [-0.1, -0.05) is 0 Å². The second kappa shape index (κ2) is 4.71.